The van der Waals surface area contributed by atoms with Gasteiger partial charge in [0.05, 0.1) is 39.9 Å². The summed E-state index contributed by atoms with van der Waals surface area (Å²) in [5.74, 6) is 8.18. The van der Waals surface area contributed by atoms with Crippen LogP contribution in [0.5, 0.6) is 23.0 Å². The van der Waals surface area contributed by atoms with Crippen LogP contribution in [-0.4, -0.2) is 55.0 Å². The maximum absolute atomic E-state index is 12.5. The predicted octanol–water partition coefficient (Wildman–Crippen LogP) is 3.39. The number of hydrogen-bond acceptors (Lipinski definition) is 9. The van der Waals surface area contributed by atoms with Crippen molar-refractivity contribution in [2.24, 2.45) is 0 Å². The molecular weight excluding hydrogens is 470 g/mol. The maximum atomic E-state index is 12.5. The molecule has 0 saturated carbocycles. The van der Waals surface area contributed by atoms with Crippen molar-refractivity contribution >= 4 is 35.0 Å². The van der Waals surface area contributed by atoms with Crippen LogP contribution in [0.3, 0.4) is 0 Å². The number of aryl methyl sites for hydroxylation is 1. The molecule has 0 aliphatic carbocycles. The van der Waals surface area contributed by atoms with Crippen LogP contribution in [0.4, 0.5) is 5.69 Å². The quantitative estimate of drug-likeness (QED) is 0.341. The number of aromatic nitrogens is 3. The summed E-state index contributed by atoms with van der Waals surface area (Å²) in [6.07, 6.45) is 0. The minimum atomic E-state index is -0.266. The lowest BCUT2D eigenvalue weighted by Gasteiger charge is -2.14. The van der Waals surface area contributed by atoms with E-state index in [-0.39, 0.29) is 11.7 Å². The first-order chi connectivity index (χ1) is 15.8. The van der Waals surface area contributed by atoms with E-state index in [1.54, 1.807) is 24.3 Å². The number of carbonyl (C=O) groups excluding carboxylic acids is 1. The van der Waals surface area contributed by atoms with Crippen molar-refractivity contribution in [2.45, 2.75) is 12.1 Å². The SMILES string of the molecule is COc1cc(Cl)c(C)cc1NC(=O)CSc1nnc(-c2cc(OC)c(OC)c(OC)c2)n1N. The van der Waals surface area contributed by atoms with E-state index in [0.717, 1.165) is 17.3 Å². The van der Waals surface area contributed by atoms with Gasteiger partial charge >= 0.3 is 0 Å². The maximum Gasteiger partial charge on any atom is 0.234 e. The molecule has 0 atom stereocenters. The molecule has 2 aromatic carbocycles. The highest BCUT2D eigenvalue weighted by Crippen LogP contribution is 2.41. The van der Waals surface area contributed by atoms with E-state index in [1.165, 1.54) is 33.1 Å². The van der Waals surface area contributed by atoms with Crippen LogP contribution in [0.2, 0.25) is 5.02 Å². The fraction of sp³-hybridized carbons (Fsp3) is 0.286. The van der Waals surface area contributed by atoms with E-state index >= 15 is 0 Å². The summed E-state index contributed by atoms with van der Waals surface area (Å²) in [6.45, 7) is 1.84. The smallest absolute Gasteiger partial charge is 0.234 e. The number of halogens is 1. The average molecular weight is 494 g/mol. The highest BCUT2D eigenvalue weighted by atomic mass is 35.5. The first-order valence-electron chi connectivity index (χ1n) is 9.60. The molecule has 0 aliphatic rings. The minimum absolute atomic E-state index is 0.0510. The number of nitrogens with two attached hydrogens (primary N) is 1. The number of carbonyl (C=O) groups is 1. The molecule has 0 aliphatic heterocycles. The molecular formula is C21H24ClN5O5S. The Balaban J connectivity index is 1.76. The Morgan fingerprint density at radius 3 is 2.24 bits per heavy atom. The van der Waals surface area contributed by atoms with Crippen LogP contribution in [0.25, 0.3) is 11.4 Å². The van der Waals surface area contributed by atoms with Gasteiger partial charge in [0.2, 0.25) is 16.8 Å². The summed E-state index contributed by atoms with van der Waals surface area (Å²) >= 11 is 7.25. The zero-order valence-electron chi connectivity index (χ0n) is 18.8. The monoisotopic (exact) mass is 493 g/mol. The molecule has 3 aromatic rings. The van der Waals surface area contributed by atoms with Gasteiger partial charge in [0, 0.05) is 16.7 Å². The van der Waals surface area contributed by atoms with Crippen LogP contribution in [0, 0.1) is 6.92 Å². The first kappa shape index (κ1) is 24.3. The van der Waals surface area contributed by atoms with Crippen LogP contribution in [0.15, 0.2) is 29.4 Å². The summed E-state index contributed by atoms with van der Waals surface area (Å²) in [5.41, 5.74) is 1.95. The number of methoxy groups -OCH3 is 4. The number of nitrogens with zero attached hydrogens (tertiary/aromatic N) is 3. The van der Waals surface area contributed by atoms with Crippen molar-refractivity contribution in [3.8, 4) is 34.4 Å². The molecule has 0 spiro atoms. The lowest BCUT2D eigenvalue weighted by atomic mass is 10.1. The Kier molecular flexibility index (Phi) is 7.77. The summed E-state index contributed by atoms with van der Waals surface area (Å²) in [6, 6.07) is 6.83. The van der Waals surface area contributed by atoms with Gasteiger partial charge in [0.15, 0.2) is 17.3 Å². The van der Waals surface area contributed by atoms with Gasteiger partial charge in [-0.3, -0.25) is 4.79 Å². The number of rotatable bonds is 9. The van der Waals surface area contributed by atoms with Gasteiger partial charge in [-0.1, -0.05) is 23.4 Å². The number of nitrogens with one attached hydrogen (secondary N) is 1. The molecule has 176 valence electrons. The second-order valence-electron chi connectivity index (χ2n) is 6.73. The number of thioether (sulfide) groups is 1. The van der Waals surface area contributed by atoms with Crippen molar-refractivity contribution in [1.29, 1.82) is 0 Å². The van der Waals surface area contributed by atoms with Crippen LogP contribution < -0.4 is 30.1 Å². The molecule has 1 heterocycles. The Bertz CT molecular complexity index is 1150. The molecule has 3 N–H and O–H groups in total. The Morgan fingerprint density at radius 2 is 1.67 bits per heavy atom. The fourth-order valence-electron chi connectivity index (χ4n) is 3.03. The topological polar surface area (TPSA) is 123 Å². The molecule has 1 amide bonds. The number of benzene rings is 2. The number of amides is 1. The van der Waals surface area contributed by atoms with Gasteiger partial charge in [-0.15, -0.1) is 10.2 Å². The predicted molar refractivity (Wildman–Crippen MR) is 127 cm³/mol. The third kappa shape index (κ3) is 5.20. The molecule has 0 bridgehead atoms. The van der Waals surface area contributed by atoms with Gasteiger partial charge in [0.1, 0.15) is 5.75 Å². The van der Waals surface area contributed by atoms with E-state index in [1.807, 2.05) is 6.92 Å². The highest BCUT2D eigenvalue weighted by Gasteiger charge is 2.19. The van der Waals surface area contributed by atoms with Crippen molar-refractivity contribution in [1.82, 2.24) is 14.9 Å². The number of anilines is 1. The molecule has 1 aromatic heterocycles. The lowest BCUT2D eigenvalue weighted by molar-refractivity contribution is -0.113. The Hall–Kier alpha value is -3.31. The third-order valence-corrected chi connectivity index (χ3v) is 6.02. The molecule has 0 unspecified atom stereocenters. The first-order valence-corrected chi connectivity index (χ1v) is 11.0. The third-order valence-electron chi connectivity index (χ3n) is 4.67. The van der Waals surface area contributed by atoms with E-state index in [4.69, 9.17) is 36.4 Å². The van der Waals surface area contributed by atoms with E-state index in [2.05, 4.69) is 15.5 Å². The minimum Gasteiger partial charge on any atom is -0.495 e. The van der Waals surface area contributed by atoms with Gasteiger partial charge in [0.25, 0.3) is 0 Å². The Labute approximate surface area is 200 Å². The van der Waals surface area contributed by atoms with Crippen molar-refractivity contribution in [3.05, 3.63) is 34.9 Å². The molecule has 10 nitrogen and oxygen atoms in total. The van der Waals surface area contributed by atoms with E-state index in [0.29, 0.717) is 50.3 Å². The van der Waals surface area contributed by atoms with Crippen LogP contribution in [-0.2, 0) is 4.79 Å². The molecule has 3 rings (SSSR count). The van der Waals surface area contributed by atoms with Crippen molar-refractivity contribution in [3.63, 3.8) is 0 Å². The molecule has 0 saturated heterocycles. The zero-order valence-corrected chi connectivity index (χ0v) is 20.3. The normalized spacial score (nSPS) is 10.6. The number of nitrogen functional groups attached to an aromatic ring is 1. The van der Waals surface area contributed by atoms with Crippen LogP contribution >= 0.6 is 23.4 Å². The second kappa shape index (κ2) is 10.5. The largest absolute Gasteiger partial charge is 0.495 e. The summed E-state index contributed by atoms with van der Waals surface area (Å²) in [7, 11) is 6.07. The molecule has 12 heteroatoms. The average Bonchev–Trinajstić information content (AvgIpc) is 3.18. The van der Waals surface area contributed by atoms with Crippen molar-refractivity contribution < 1.29 is 23.7 Å². The molecule has 0 fully saturated rings. The second-order valence-corrected chi connectivity index (χ2v) is 8.08. The lowest BCUT2D eigenvalue weighted by Crippen LogP contribution is -2.17. The summed E-state index contributed by atoms with van der Waals surface area (Å²) < 4.78 is 22.7. The highest BCUT2D eigenvalue weighted by molar-refractivity contribution is 7.99. The summed E-state index contributed by atoms with van der Waals surface area (Å²) in [5, 5.41) is 12.0. The number of hydrogen-bond donors (Lipinski definition) is 2. The molecule has 33 heavy (non-hydrogen) atoms. The van der Waals surface area contributed by atoms with Crippen molar-refractivity contribution in [2.75, 3.05) is 45.4 Å². The number of ether oxygens (including phenoxy) is 4. The van der Waals surface area contributed by atoms with Crippen LogP contribution in [0.1, 0.15) is 5.56 Å². The zero-order chi connectivity index (χ0) is 24.1. The van der Waals surface area contributed by atoms with E-state index < -0.39 is 0 Å². The summed E-state index contributed by atoms with van der Waals surface area (Å²) in [4.78, 5) is 12.5. The Morgan fingerprint density at radius 1 is 1.03 bits per heavy atom. The van der Waals surface area contributed by atoms with Gasteiger partial charge in [-0.2, -0.15) is 0 Å². The van der Waals surface area contributed by atoms with Gasteiger partial charge in [-0.25, -0.2) is 4.68 Å². The van der Waals surface area contributed by atoms with Gasteiger partial charge in [-0.05, 0) is 30.7 Å². The van der Waals surface area contributed by atoms with Gasteiger partial charge < -0.3 is 30.1 Å². The fourth-order valence-corrected chi connectivity index (χ4v) is 3.84. The molecule has 0 radical (unpaired) electrons. The van der Waals surface area contributed by atoms with E-state index in [9.17, 15) is 4.79 Å². The standard InChI is InChI=1S/C21H24ClN5O5S/c1-11-6-14(15(29-2)9-13(11)22)24-18(28)10-33-21-26-25-20(27(21)23)12-7-16(30-3)19(32-5)17(8-12)31-4/h6-9H,10,23H2,1-5H3,(H,24,28).